The third kappa shape index (κ3) is 14.2. The van der Waals surface area contributed by atoms with Crippen LogP contribution in [0.5, 0.6) is 0 Å². The predicted molar refractivity (Wildman–Crippen MR) is 285 cm³/mol. The molecule has 0 bridgehead atoms. The number of carbonyl (C=O) groups excluding carboxylic acids is 1. The predicted octanol–water partition coefficient (Wildman–Crippen LogP) is 12.9. The summed E-state index contributed by atoms with van der Waals surface area (Å²) in [5.74, 6) is 2.34. The van der Waals surface area contributed by atoms with E-state index >= 15 is 0 Å². The summed E-state index contributed by atoms with van der Waals surface area (Å²) in [4.78, 5) is 18.0. The Hall–Kier alpha value is -4.57. The fourth-order valence-corrected chi connectivity index (χ4v) is 12.4. The maximum atomic E-state index is 13.8. The lowest BCUT2D eigenvalue weighted by molar-refractivity contribution is -0.131. The maximum Gasteiger partial charge on any atom is 0.376 e. The second-order valence-corrected chi connectivity index (χ2v) is 20.0. The average Bonchev–Trinajstić information content (AvgIpc) is 3.37. The number of nitrogens with zero attached hydrogens (tertiary/aromatic N) is 2. The molecule has 346 valence electrons. The lowest BCUT2D eigenvalue weighted by Crippen LogP contribution is -2.41. The third-order valence-electron chi connectivity index (χ3n) is 12.7. The van der Waals surface area contributed by atoms with Gasteiger partial charge >= 0.3 is 7.05 Å². The van der Waals surface area contributed by atoms with Crippen LogP contribution in [0.25, 0.3) is 0 Å². The van der Waals surface area contributed by atoms with Gasteiger partial charge in [-0.2, -0.15) is 0 Å². The molecule has 0 unspecified atom stereocenters. The fourth-order valence-electron chi connectivity index (χ4n) is 9.27. The molecule has 3 N–H and O–H groups in total. The normalized spacial score (nSPS) is 11.8. The van der Waals surface area contributed by atoms with Gasteiger partial charge in [0.15, 0.2) is 0 Å². The molecular weight excluding hydrogens is 846 g/mol. The minimum Gasteiger partial charge on any atom is -0.437 e. The smallest absolute Gasteiger partial charge is 0.376 e. The Morgan fingerprint density at radius 2 is 0.758 bits per heavy atom. The van der Waals surface area contributed by atoms with Gasteiger partial charge in [0, 0.05) is 32.6 Å². The summed E-state index contributed by atoms with van der Waals surface area (Å²) in [5.41, 5.74) is 13.6. The average molecular weight is 918 g/mol. The SMILES string of the molecule is CB(O)N(CCN)CCCCC(=O)N(CCCCCCSC(c1ccccc1)(c1ccccc1)c1ccccc1)CCCCCCSC(c1ccccc1)(c1ccccc1)c1ccccc1. The molecule has 6 aromatic carbocycles. The minimum atomic E-state index is -0.532. The Bertz CT molecular complexity index is 1870. The van der Waals surface area contributed by atoms with Crippen molar-refractivity contribution < 1.29 is 9.82 Å². The van der Waals surface area contributed by atoms with Crippen molar-refractivity contribution in [1.29, 1.82) is 0 Å². The molecule has 0 radical (unpaired) electrons. The van der Waals surface area contributed by atoms with Crippen LogP contribution < -0.4 is 5.73 Å². The van der Waals surface area contributed by atoms with Gasteiger partial charge in [-0.1, -0.05) is 208 Å². The van der Waals surface area contributed by atoms with Crippen LogP contribution in [-0.2, 0) is 14.3 Å². The maximum absolute atomic E-state index is 13.8. The molecule has 1 amide bonds. The van der Waals surface area contributed by atoms with Gasteiger partial charge in [-0.05, 0) is 96.8 Å². The molecule has 66 heavy (non-hydrogen) atoms. The first-order valence-electron chi connectivity index (χ1n) is 24.5. The zero-order chi connectivity index (χ0) is 46.1. The molecule has 0 spiro atoms. The highest BCUT2D eigenvalue weighted by Crippen LogP contribution is 2.50. The van der Waals surface area contributed by atoms with E-state index in [1.54, 1.807) is 6.82 Å². The van der Waals surface area contributed by atoms with Crippen molar-refractivity contribution in [3.8, 4) is 0 Å². The van der Waals surface area contributed by atoms with E-state index < -0.39 is 7.05 Å². The first-order valence-corrected chi connectivity index (χ1v) is 26.5. The van der Waals surface area contributed by atoms with E-state index in [1.807, 2.05) is 28.3 Å². The quantitative estimate of drug-likeness (QED) is 0.0266. The van der Waals surface area contributed by atoms with Crippen LogP contribution in [0.4, 0.5) is 0 Å². The Morgan fingerprint density at radius 3 is 1.06 bits per heavy atom. The summed E-state index contributed by atoms with van der Waals surface area (Å²) in [7, 11) is -0.532. The molecule has 0 fully saturated rings. The van der Waals surface area contributed by atoms with E-state index in [0.717, 1.165) is 95.3 Å². The molecule has 6 aromatic rings. The Balaban J connectivity index is 1.03. The van der Waals surface area contributed by atoms with Gasteiger partial charge in [0.05, 0.1) is 9.49 Å². The highest BCUT2D eigenvalue weighted by atomic mass is 32.2. The third-order valence-corrected chi connectivity index (χ3v) is 16.0. The number of unbranched alkanes of at least 4 members (excludes halogenated alkanes) is 7. The molecule has 6 rings (SSSR count). The van der Waals surface area contributed by atoms with E-state index in [2.05, 4.69) is 187 Å². The van der Waals surface area contributed by atoms with Gasteiger partial charge in [-0.15, -0.1) is 23.5 Å². The molecule has 0 aliphatic rings. The Kier molecular flexibility index (Phi) is 21.5. The van der Waals surface area contributed by atoms with Crippen molar-refractivity contribution in [1.82, 2.24) is 9.71 Å². The van der Waals surface area contributed by atoms with E-state index in [9.17, 15) is 9.82 Å². The highest BCUT2D eigenvalue weighted by Gasteiger charge is 2.38. The van der Waals surface area contributed by atoms with Gasteiger partial charge in [0.1, 0.15) is 0 Å². The zero-order valence-electron chi connectivity index (χ0n) is 39.3. The van der Waals surface area contributed by atoms with Gasteiger partial charge in [0.25, 0.3) is 0 Å². The number of carbonyl (C=O) groups is 1. The molecule has 0 aliphatic carbocycles. The molecule has 8 heteroatoms. The molecular formula is C58H72BN3O2S2. The number of nitrogens with two attached hydrogens (primary N) is 1. The van der Waals surface area contributed by atoms with Crippen molar-refractivity contribution in [3.05, 3.63) is 215 Å². The van der Waals surface area contributed by atoms with Crippen LogP contribution in [0, 0.1) is 0 Å². The van der Waals surface area contributed by atoms with Crippen molar-refractivity contribution in [2.24, 2.45) is 5.73 Å². The monoisotopic (exact) mass is 918 g/mol. The van der Waals surface area contributed by atoms with Gasteiger partial charge in [-0.3, -0.25) is 4.79 Å². The van der Waals surface area contributed by atoms with Gasteiger partial charge in [0.2, 0.25) is 5.91 Å². The number of thioether (sulfide) groups is 2. The van der Waals surface area contributed by atoms with Crippen molar-refractivity contribution in [2.75, 3.05) is 44.2 Å². The van der Waals surface area contributed by atoms with E-state index in [1.165, 1.54) is 33.4 Å². The molecule has 0 saturated heterocycles. The molecule has 0 aromatic heterocycles. The Morgan fingerprint density at radius 1 is 0.455 bits per heavy atom. The number of hydrogen-bond donors (Lipinski definition) is 2. The van der Waals surface area contributed by atoms with Crippen LogP contribution >= 0.6 is 23.5 Å². The first-order chi connectivity index (χ1) is 32.5. The number of hydrogen-bond acceptors (Lipinski definition) is 6. The van der Waals surface area contributed by atoms with E-state index in [-0.39, 0.29) is 15.4 Å². The van der Waals surface area contributed by atoms with Gasteiger partial charge in [-0.25, -0.2) is 0 Å². The summed E-state index contributed by atoms with van der Waals surface area (Å²) in [6.45, 7) is 5.33. The summed E-state index contributed by atoms with van der Waals surface area (Å²) in [5, 5.41) is 10.2. The molecule has 0 heterocycles. The topological polar surface area (TPSA) is 69.8 Å². The Labute approximate surface area is 406 Å². The summed E-state index contributed by atoms with van der Waals surface area (Å²) in [6.07, 6.45) is 11.0. The van der Waals surface area contributed by atoms with Crippen LogP contribution in [0.2, 0.25) is 6.82 Å². The van der Waals surface area contributed by atoms with Crippen molar-refractivity contribution in [2.45, 2.75) is 86.9 Å². The van der Waals surface area contributed by atoms with E-state index in [0.29, 0.717) is 19.5 Å². The number of amides is 1. The summed E-state index contributed by atoms with van der Waals surface area (Å²) >= 11 is 4.08. The fraction of sp³-hybridized carbons (Fsp3) is 0.362. The largest absolute Gasteiger partial charge is 0.437 e. The first kappa shape index (κ1) is 50.8. The number of benzene rings is 6. The van der Waals surface area contributed by atoms with E-state index in [4.69, 9.17) is 5.73 Å². The zero-order valence-corrected chi connectivity index (χ0v) is 40.9. The lowest BCUT2D eigenvalue weighted by atomic mass is 9.84. The molecule has 0 aliphatic heterocycles. The van der Waals surface area contributed by atoms with Crippen LogP contribution in [0.15, 0.2) is 182 Å². The van der Waals surface area contributed by atoms with Crippen LogP contribution in [-0.4, -0.2) is 71.9 Å². The standard InChI is InChI=1S/C58H72BN3O2S2/c1-59(64)62(47-43-60)46-27-24-42-56(63)61(44-25-2-4-28-48-65-57(50-30-12-6-13-31-50,51-32-14-7-15-33-51)52-34-16-8-17-35-52)45-26-3-5-29-49-66-58(53-36-18-9-19-37-53,54-38-20-10-21-39-54)55-40-22-11-23-41-55/h6-23,30-41,64H,2-5,24-29,42-49,60H2,1H3. The summed E-state index contributed by atoms with van der Waals surface area (Å²) < 4.78 is -0.589. The molecule has 5 nitrogen and oxygen atoms in total. The minimum absolute atomic E-state index is 0.264. The highest BCUT2D eigenvalue weighted by molar-refractivity contribution is 8.00. The second kappa shape index (κ2) is 27.9. The molecule has 0 atom stereocenters. The van der Waals surface area contributed by atoms with Crippen LogP contribution in [0.1, 0.15) is 104 Å². The summed E-state index contributed by atoms with van der Waals surface area (Å²) in [6, 6.07) is 65.8. The van der Waals surface area contributed by atoms with Crippen LogP contribution in [0.3, 0.4) is 0 Å². The van der Waals surface area contributed by atoms with Crippen molar-refractivity contribution >= 4 is 36.5 Å². The number of rotatable bonds is 30. The second-order valence-electron chi connectivity index (χ2n) is 17.4. The van der Waals surface area contributed by atoms with Crippen molar-refractivity contribution in [3.63, 3.8) is 0 Å². The molecule has 0 saturated carbocycles. The lowest BCUT2D eigenvalue weighted by Gasteiger charge is -2.35. The van der Waals surface area contributed by atoms with Gasteiger partial charge < -0.3 is 20.5 Å².